The summed E-state index contributed by atoms with van der Waals surface area (Å²) in [6, 6.07) is 10.7. The van der Waals surface area contributed by atoms with Gasteiger partial charge in [0.05, 0.1) is 21.3 Å². The molecule has 1 unspecified atom stereocenters. The van der Waals surface area contributed by atoms with Gasteiger partial charge < -0.3 is 24.4 Å². The van der Waals surface area contributed by atoms with Crippen molar-refractivity contribution in [3.05, 3.63) is 47.5 Å². The van der Waals surface area contributed by atoms with Gasteiger partial charge in [0.2, 0.25) is 17.6 Å². The molecule has 0 aliphatic carbocycles. The number of ether oxygens (including phenoxy) is 3. The van der Waals surface area contributed by atoms with Crippen LogP contribution in [-0.4, -0.2) is 44.1 Å². The van der Waals surface area contributed by atoms with Crippen LogP contribution in [0.2, 0.25) is 0 Å². The summed E-state index contributed by atoms with van der Waals surface area (Å²) in [7, 11) is 4.57. The molecule has 1 atom stereocenters. The molecular weight excluding hydrogens is 396 g/mol. The first-order valence-corrected chi connectivity index (χ1v) is 10.3. The molecule has 0 spiro atoms. The van der Waals surface area contributed by atoms with Crippen molar-refractivity contribution in [2.24, 2.45) is 5.92 Å². The molecule has 2 aromatic rings. The maximum Gasteiger partial charge on any atom is 0.247 e. The first kappa shape index (κ1) is 22.5. The Morgan fingerprint density at radius 2 is 1.65 bits per heavy atom. The molecule has 0 saturated carbocycles. The summed E-state index contributed by atoms with van der Waals surface area (Å²) in [6.45, 7) is 4.43. The lowest BCUT2D eigenvalue weighted by Crippen LogP contribution is -2.50. The van der Waals surface area contributed by atoms with Gasteiger partial charge in [0.1, 0.15) is 6.04 Å². The van der Waals surface area contributed by atoms with E-state index in [9.17, 15) is 9.59 Å². The Morgan fingerprint density at radius 1 is 1.03 bits per heavy atom. The molecule has 0 aromatic heterocycles. The lowest BCUT2D eigenvalue weighted by molar-refractivity contribution is -0.140. The summed E-state index contributed by atoms with van der Waals surface area (Å²) < 4.78 is 16.1. The van der Waals surface area contributed by atoms with Crippen LogP contribution in [0.25, 0.3) is 0 Å². The van der Waals surface area contributed by atoms with Crippen molar-refractivity contribution in [3.63, 3.8) is 0 Å². The quantitative estimate of drug-likeness (QED) is 0.731. The van der Waals surface area contributed by atoms with Crippen LogP contribution in [0, 0.1) is 5.92 Å². The van der Waals surface area contributed by atoms with E-state index in [2.05, 4.69) is 5.32 Å². The largest absolute Gasteiger partial charge is 0.493 e. The number of benzene rings is 2. The lowest BCUT2D eigenvalue weighted by Gasteiger charge is -2.36. The maximum absolute atomic E-state index is 13.3. The highest BCUT2D eigenvalue weighted by molar-refractivity contribution is 5.98. The summed E-state index contributed by atoms with van der Waals surface area (Å²) in [5, 5.41) is 2.93. The minimum atomic E-state index is -0.597. The Kier molecular flexibility index (Phi) is 7.05. The zero-order valence-corrected chi connectivity index (χ0v) is 18.7. The van der Waals surface area contributed by atoms with Crippen LogP contribution in [0.3, 0.4) is 0 Å². The van der Waals surface area contributed by atoms with Gasteiger partial charge in [0, 0.05) is 37.2 Å². The number of hydrogen-bond acceptors (Lipinski definition) is 5. The molecule has 1 N–H and O–H groups in total. The van der Waals surface area contributed by atoms with E-state index in [4.69, 9.17) is 14.2 Å². The third-order valence-corrected chi connectivity index (χ3v) is 5.39. The van der Waals surface area contributed by atoms with E-state index in [-0.39, 0.29) is 17.7 Å². The van der Waals surface area contributed by atoms with Crippen molar-refractivity contribution >= 4 is 17.5 Å². The number of carbonyl (C=O) groups is 2. The van der Waals surface area contributed by atoms with Gasteiger partial charge in [-0.1, -0.05) is 38.1 Å². The zero-order valence-electron chi connectivity index (χ0n) is 18.7. The van der Waals surface area contributed by atoms with Crippen molar-refractivity contribution in [3.8, 4) is 17.2 Å². The number of amides is 2. The van der Waals surface area contributed by atoms with Gasteiger partial charge in [-0.05, 0) is 17.0 Å². The number of anilines is 1. The highest BCUT2D eigenvalue weighted by Crippen LogP contribution is 2.40. The summed E-state index contributed by atoms with van der Waals surface area (Å²) in [5.74, 6) is 1.28. The average Bonchev–Trinajstić information content (AvgIpc) is 2.76. The second-order valence-electron chi connectivity index (χ2n) is 8.01. The number of rotatable bonds is 7. The van der Waals surface area contributed by atoms with Crippen molar-refractivity contribution in [2.45, 2.75) is 39.3 Å². The molecule has 166 valence electrons. The summed E-state index contributed by atoms with van der Waals surface area (Å²) in [6.07, 6.45) is 0.867. The maximum atomic E-state index is 13.3. The van der Waals surface area contributed by atoms with E-state index in [1.54, 1.807) is 17.0 Å². The molecule has 31 heavy (non-hydrogen) atoms. The molecule has 1 aliphatic rings. The molecule has 7 nitrogen and oxygen atoms in total. The number of nitrogens with one attached hydrogen (secondary N) is 1. The van der Waals surface area contributed by atoms with Crippen molar-refractivity contribution in [1.82, 2.24) is 4.90 Å². The number of hydrogen-bond donors (Lipinski definition) is 1. The van der Waals surface area contributed by atoms with Crippen LogP contribution in [0.5, 0.6) is 17.2 Å². The van der Waals surface area contributed by atoms with Crippen molar-refractivity contribution in [1.29, 1.82) is 0 Å². The van der Waals surface area contributed by atoms with Gasteiger partial charge in [-0.15, -0.1) is 0 Å². The van der Waals surface area contributed by atoms with E-state index in [0.29, 0.717) is 42.3 Å². The van der Waals surface area contributed by atoms with E-state index in [1.807, 2.05) is 38.1 Å². The molecule has 2 amide bonds. The van der Waals surface area contributed by atoms with Gasteiger partial charge >= 0.3 is 0 Å². The van der Waals surface area contributed by atoms with Gasteiger partial charge in [-0.25, -0.2) is 0 Å². The fraction of sp³-hybridized carbons (Fsp3) is 0.417. The van der Waals surface area contributed by atoms with Crippen LogP contribution >= 0.6 is 0 Å². The Bertz CT molecular complexity index is 932. The van der Waals surface area contributed by atoms with Gasteiger partial charge in [0.15, 0.2) is 11.5 Å². The number of fused-ring (bicyclic) bond motifs is 1. The topological polar surface area (TPSA) is 77.1 Å². The summed E-state index contributed by atoms with van der Waals surface area (Å²) in [5.41, 5.74) is 2.67. The van der Waals surface area contributed by atoms with E-state index >= 15 is 0 Å². The standard InChI is InChI=1S/C24H30N2O5/c1-15(2)10-22(27)26-14-17-9-7-6-8-16(17)11-19(26)24(28)25-18-12-20(29-3)23(31-5)21(13-18)30-4/h6-9,12-13,15,19H,10-11,14H2,1-5H3,(H,25,28). The molecule has 0 saturated heterocycles. The van der Waals surface area contributed by atoms with Crippen LogP contribution in [-0.2, 0) is 22.6 Å². The predicted octanol–water partition coefficient (Wildman–Crippen LogP) is 3.65. The minimum Gasteiger partial charge on any atom is -0.493 e. The monoisotopic (exact) mass is 426 g/mol. The van der Waals surface area contributed by atoms with Gasteiger partial charge in [0.25, 0.3) is 0 Å². The SMILES string of the molecule is COc1cc(NC(=O)C2Cc3ccccc3CN2C(=O)CC(C)C)cc(OC)c1OC. The highest BCUT2D eigenvalue weighted by atomic mass is 16.5. The second kappa shape index (κ2) is 9.73. The lowest BCUT2D eigenvalue weighted by atomic mass is 9.92. The van der Waals surface area contributed by atoms with Gasteiger partial charge in [-0.2, -0.15) is 0 Å². The predicted molar refractivity (Wildman–Crippen MR) is 119 cm³/mol. The molecule has 1 heterocycles. The fourth-order valence-electron chi connectivity index (χ4n) is 3.86. The Balaban J connectivity index is 1.90. The molecule has 1 aliphatic heterocycles. The van der Waals surface area contributed by atoms with Crippen LogP contribution in [0.15, 0.2) is 36.4 Å². The number of nitrogens with zero attached hydrogens (tertiary/aromatic N) is 1. The van der Waals surface area contributed by atoms with Gasteiger partial charge in [-0.3, -0.25) is 9.59 Å². The molecule has 3 rings (SSSR count). The minimum absolute atomic E-state index is 0.0189. The summed E-state index contributed by atoms with van der Waals surface area (Å²) >= 11 is 0. The van der Waals surface area contributed by atoms with Crippen LogP contribution in [0.4, 0.5) is 5.69 Å². The second-order valence-corrected chi connectivity index (χ2v) is 8.01. The zero-order chi connectivity index (χ0) is 22.5. The Hall–Kier alpha value is -3.22. The van der Waals surface area contributed by atoms with E-state index in [1.165, 1.54) is 21.3 Å². The van der Waals surface area contributed by atoms with E-state index in [0.717, 1.165) is 11.1 Å². The van der Waals surface area contributed by atoms with Crippen LogP contribution < -0.4 is 19.5 Å². The first-order valence-electron chi connectivity index (χ1n) is 10.3. The number of methoxy groups -OCH3 is 3. The number of carbonyl (C=O) groups excluding carboxylic acids is 2. The molecular formula is C24H30N2O5. The Morgan fingerprint density at radius 3 is 2.19 bits per heavy atom. The molecule has 0 bridgehead atoms. The molecule has 2 aromatic carbocycles. The molecule has 0 fully saturated rings. The van der Waals surface area contributed by atoms with E-state index < -0.39 is 6.04 Å². The normalized spacial score (nSPS) is 15.3. The molecule has 0 radical (unpaired) electrons. The summed E-state index contributed by atoms with van der Waals surface area (Å²) in [4.78, 5) is 28.0. The van der Waals surface area contributed by atoms with Crippen molar-refractivity contribution < 1.29 is 23.8 Å². The van der Waals surface area contributed by atoms with Crippen molar-refractivity contribution in [2.75, 3.05) is 26.6 Å². The van der Waals surface area contributed by atoms with Crippen LogP contribution in [0.1, 0.15) is 31.4 Å². The third-order valence-electron chi connectivity index (χ3n) is 5.39. The Labute approximate surface area is 183 Å². The highest BCUT2D eigenvalue weighted by Gasteiger charge is 2.34. The third kappa shape index (κ3) is 4.93. The smallest absolute Gasteiger partial charge is 0.247 e. The fourth-order valence-corrected chi connectivity index (χ4v) is 3.86. The first-order chi connectivity index (χ1) is 14.9. The average molecular weight is 427 g/mol. The molecule has 7 heteroatoms.